The summed E-state index contributed by atoms with van der Waals surface area (Å²) in [5, 5.41) is 9.80. The lowest BCUT2D eigenvalue weighted by atomic mass is 10.0. The van der Waals surface area contributed by atoms with Crippen LogP contribution in [0, 0.1) is 0 Å². The normalized spacial score (nSPS) is 21.3. The van der Waals surface area contributed by atoms with Crippen LogP contribution in [-0.4, -0.2) is 17.8 Å². The summed E-state index contributed by atoms with van der Waals surface area (Å²) in [5.41, 5.74) is 2.32. The van der Waals surface area contributed by atoms with Crippen molar-refractivity contribution in [2.45, 2.75) is 38.4 Å². The first-order valence-corrected chi connectivity index (χ1v) is 5.69. The third-order valence-electron chi connectivity index (χ3n) is 2.85. The molecular formula is C13H18O2. The van der Waals surface area contributed by atoms with Crippen LogP contribution in [0.1, 0.15) is 37.0 Å². The van der Waals surface area contributed by atoms with Gasteiger partial charge in [-0.3, -0.25) is 0 Å². The van der Waals surface area contributed by atoms with Crippen molar-refractivity contribution < 1.29 is 9.84 Å². The molecule has 1 N–H and O–H groups in total. The summed E-state index contributed by atoms with van der Waals surface area (Å²) in [6.07, 6.45) is 3.18. The maximum absolute atomic E-state index is 9.80. The summed E-state index contributed by atoms with van der Waals surface area (Å²) in [5.74, 6) is 0. The first kappa shape index (κ1) is 10.7. The summed E-state index contributed by atoms with van der Waals surface area (Å²) in [6.45, 7) is 2.89. The molecule has 2 atom stereocenters. The Bertz CT molecular complexity index is 301. The molecule has 0 spiro atoms. The monoisotopic (exact) mass is 206 g/mol. The van der Waals surface area contributed by atoms with Gasteiger partial charge in [0.05, 0.1) is 6.61 Å². The van der Waals surface area contributed by atoms with E-state index < -0.39 is 6.10 Å². The molecule has 0 bridgehead atoms. The molecule has 15 heavy (non-hydrogen) atoms. The molecule has 0 aromatic heterocycles. The predicted molar refractivity (Wildman–Crippen MR) is 59.8 cm³/mol. The number of hydrogen-bond donors (Lipinski definition) is 1. The fourth-order valence-corrected chi connectivity index (χ4v) is 1.71. The van der Waals surface area contributed by atoms with E-state index >= 15 is 0 Å². The minimum absolute atomic E-state index is 0.0338. The molecular weight excluding hydrogens is 188 g/mol. The van der Waals surface area contributed by atoms with Gasteiger partial charge in [0.15, 0.2) is 0 Å². The van der Waals surface area contributed by atoms with Crippen LogP contribution < -0.4 is 0 Å². The number of epoxide rings is 1. The van der Waals surface area contributed by atoms with Gasteiger partial charge in [-0.1, -0.05) is 37.6 Å². The van der Waals surface area contributed by atoms with Crippen molar-refractivity contribution in [1.82, 2.24) is 0 Å². The van der Waals surface area contributed by atoms with Gasteiger partial charge in [0.25, 0.3) is 0 Å². The number of benzene rings is 1. The number of unbranched alkanes of at least 4 members (excludes halogenated alkanes) is 1. The number of hydrogen-bond acceptors (Lipinski definition) is 2. The van der Waals surface area contributed by atoms with Crippen molar-refractivity contribution in [3.05, 3.63) is 35.4 Å². The number of rotatable bonds is 5. The van der Waals surface area contributed by atoms with Crippen molar-refractivity contribution in [1.29, 1.82) is 0 Å². The number of aliphatic hydroxyl groups is 1. The minimum atomic E-state index is -0.440. The Morgan fingerprint density at radius 3 is 2.60 bits per heavy atom. The zero-order chi connectivity index (χ0) is 10.7. The molecule has 0 saturated carbocycles. The molecule has 2 nitrogen and oxygen atoms in total. The molecule has 1 heterocycles. The van der Waals surface area contributed by atoms with Crippen LogP contribution in [0.3, 0.4) is 0 Å². The van der Waals surface area contributed by atoms with Crippen molar-refractivity contribution in [3.8, 4) is 0 Å². The standard InChI is InChI=1S/C13H18O2/c1-2-3-4-10-5-7-11(8-6-10)13(14)12-9-15-12/h5-8,12-14H,2-4,9H2,1H3. The van der Waals surface area contributed by atoms with E-state index in [4.69, 9.17) is 4.74 Å². The molecule has 0 radical (unpaired) electrons. The largest absolute Gasteiger partial charge is 0.386 e. The average Bonchev–Trinajstić information content (AvgIpc) is 3.10. The Labute approximate surface area is 90.9 Å². The Hall–Kier alpha value is -0.860. The second-order valence-electron chi connectivity index (χ2n) is 4.16. The summed E-state index contributed by atoms with van der Waals surface area (Å²) in [7, 11) is 0. The SMILES string of the molecule is CCCCc1ccc(C(O)C2CO2)cc1. The van der Waals surface area contributed by atoms with E-state index in [2.05, 4.69) is 19.1 Å². The fraction of sp³-hybridized carbons (Fsp3) is 0.538. The van der Waals surface area contributed by atoms with Gasteiger partial charge < -0.3 is 9.84 Å². The summed E-state index contributed by atoms with van der Waals surface area (Å²) in [6, 6.07) is 8.24. The highest BCUT2D eigenvalue weighted by Crippen LogP contribution is 2.27. The van der Waals surface area contributed by atoms with E-state index in [9.17, 15) is 5.11 Å². The number of ether oxygens (including phenoxy) is 1. The maximum Gasteiger partial charge on any atom is 0.111 e. The molecule has 0 aliphatic carbocycles. The summed E-state index contributed by atoms with van der Waals surface area (Å²) < 4.78 is 5.07. The molecule has 2 heteroatoms. The topological polar surface area (TPSA) is 32.8 Å². The zero-order valence-corrected chi connectivity index (χ0v) is 9.15. The second kappa shape index (κ2) is 4.77. The molecule has 1 aromatic rings. The Morgan fingerprint density at radius 2 is 2.07 bits per heavy atom. The molecule has 0 amide bonds. The number of aryl methyl sites for hydroxylation is 1. The fourth-order valence-electron chi connectivity index (χ4n) is 1.71. The molecule has 1 aromatic carbocycles. The van der Waals surface area contributed by atoms with Crippen molar-refractivity contribution in [3.63, 3.8) is 0 Å². The lowest BCUT2D eigenvalue weighted by molar-refractivity contribution is 0.137. The molecule has 1 saturated heterocycles. The smallest absolute Gasteiger partial charge is 0.111 e. The molecule has 2 rings (SSSR count). The highest BCUT2D eigenvalue weighted by atomic mass is 16.6. The first-order valence-electron chi connectivity index (χ1n) is 5.69. The van der Waals surface area contributed by atoms with Crippen LogP contribution in [0.4, 0.5) is 0 Å². The van der Waals surface area contributed by atoms with Crippen LogP contribution in [0.2, 0.25) is 0 Å². The summed E-state index contributed by atoms with van der Waals surface area (Å²) >= 11 is 0. The van der Waals surface area contributed by atoms with Gasteiger partial charge in [0, 0.05) is 0 Å². The Morgan fingerprint density at radius 1 is 1.40 bits per heavy atom. The average molecular weight is 206 g/mol. The van der Waals surface area contributed by atoms with Crippen molar-refractivity contribution in [2.75, 3.05) is 6.61 Å². The van der Waals surface area contributed by atoms with Crippen molar-refractivity contribution >= 4 is 0 Å². The van der Waals surface area contributed by atoms with Gasteiger partial charge in [-0.2, -0.15) is 0 Å². The van der Waals surface area contributed by atoms with Gasteiger partial charge in [0.1, 0.15) is 12.2 Å². The van der Waals surface area contributed by atoms with E-state index in [0.29, 0.717) is 6.61 Å². The van der Waals surface area contributed by atoms with Crippen LogP contribution in [0.5, 0.6) is 0 Å². The van der Waals surface area contributed by atoms with Gasteiger partial charge in [-0.15, -0.1) is 0 Å². The van der Waals surface area contributed by atoms with Crippen LogP contribution in [0.25, 0.3) is 0 Å². The zero-order valence-electron chi connectivity index (χ0n) is 9.15. The summed E-state index contributed by atoms with van der Waals surface area (Å²) in [4.78, 5) is 0. The van der Waals surface area contributed by atoms with Gasteiger partial charge in [-0.05, 0) is 24.0 Å². The molecule has 82 valence electrons. The van der Waals surface area contributed by atoms with Crippen LogP contribution >= 0.6 is 0 Å². The van der Waals surface area contributed by atoms with Gasteiger partial charge in [0.2, 0.25) is 0 Å². The van der Waals surface area contributed by atoms with Crippen LogP contribution in [0.15, 0.2) is 24.3 Å². The molecule has 1 aliphatic rings. The van der Waals surface area contributed by atoms with Gasteiger partial charge >= 0.3 is 0 Å². The van der Waals surface area contributed by atoms with E-state index in [-0.39, 0.29) is 6.10 Å². The minimum Gasteiger partial charge on any atom is -0.386 e. The highest BCUT2D eigenvalue weighted by Gasteiger charge is 2.32. The van der Waals surface area contributed by atoms with Crippen LogP contribution in [-0.2, 0) is 11.2 Å². The van der Waals surface area contributed by atoms with E-state index in [1.54, 1.807) is 0 Å². The lowest BCUT2D eigenvalue weighted by Crippen LogP contribution is -2.04. The Kier molecular flexibility index (Phi) is 3.39. The number of aliphatic hydroxyl groups excluding tert-OH is 1. The third-order valence-corrected chi connectivity index (χ3v) is 2.85. The van der Waals surface area contributed by atoms with E-state index in [1.807, 2.05) is 12.1 Å². The Balaban J connectivity index is 1.96. The molecule has 2 unspecified atom stereocenters. The van der Waals surface area contributed by atoms with E-state index in [0.717, 1.165) is 12.0 Å². The van der Waals surface area contributed by atoms with E-state index in [1.165, 1.54) is 18.4 Å². The third kappa shape index (κ3) is 2.80. The quantitative estimate of drug-likeness (QED) is 0.751. The molecule has 1 fully saturated rings. The first-order chi connectivity index (χ1) is 7.31. The lowest BCUT2D eigenvalue weighted by Gasteiger charge is -2.08. The van der Waals surface area contributed by atoms with Gasteiger partial charge in [-0.25, -0.2) is 0 Å². The maximum atomic E-state index is 9.80. The van der Waals surface area contributed by atoms with Crippen molar-refractivity contribution in [2.24, 2.45) is 0 Å². The highest BCUT2D eigenvalue weighted by molar-refractivity contribution is 5.25. The second-order valence-corrected chi connectivity index (χ2v) is 4.16. The molecule has 1 aliphatic heterocycles. The predicted octanol–water partition coefficient (Wildman–Crippen LogP) is 2.46.